The molecule has 0 heterocycles. The Hall–Kier alpha value is -1.59. The Balaban J connectivity index is 4.32. The number of esters is 3. The predicted molar refractivity (Wildman–Crippen MR) is 210 cm³/mol. The monoisotopic (exact) mass is 709 g/mol. The molecule has 0 saturated carbocycles. The Morgan fingerprint density at radius 1 is 0.380 bits per heavy atom. The third-order valence-electron chi connectivity index (χ3n) is 9.72. The van der Waals surface area contributed by atoms with Crippen molar-refractivity contribution < 1.29 is 28.6 Å². The van der Waals surface area contributed by atoms with E-state index in [1.54, 1.807) is 0 Å². The first kappa shape index (κ1) is 48.4. The van der Waals surface area contributed by atoms with Crippen molar-refractivity contribution in [1.29, 1.82) is 0 Å². The molecular formula is C44H84O6. The Labute approximate surface area is 310 Å². The Bertz CT molecular complexity index is 764. The van der Waals surface area contributed by atoms with Gasteiger partial charge in [-0.15, -0.1) is 0 Å². The molecule has 6 nitrogen and oxygen atoms in total. The summed E-state index contributed by atoms with van der Waals surface area (Å²) in [5, 5.41) is 0. The van der Waals surface area contributed by atoms with Crippen LogP contribution in [0, 0.1) is 11.8 Å². The number of unbranched alkanes of at least 4 members (excludes halogenated alkanes) is 23. The summed E-state index contributed by atoms with van der Waals surface area (Å²) in [5.41, 5.74) is 0. The van der Waals surface area contributed by atoms with Crippen LogP contribution in [0.15, 0.2) is 0 Å². The van der Waals surface area contributed by atoms with Crippen molar-refractivity contribution in [2.75, 3.05) is 13.2 Å². The second kappa shape index (κ2) is 37.2. The summed E-state index contributed by atoms with van der Waals surface area (Å²) in [7, 11) is 0. The number of rotatable bonds is 38. The summed E-state index contributed by atoms with van der Waals surface area (Å²) in [6.45, 7) is 11.2. The first-order valence-electron chi connectivity index (χ1n) is 21.7. The lowest BCUT2D eigenvalue weighted by Crippen LogP contribution is -2.30. The van der Waals surface area contributed by atoms with Crippen molar-refractivity contribution in [3.05, 3.63) is 0 Å². The van der Waals surface area contributed by atoms with Crippen molar-refractivity contribution in [2.45, 2.75) is 240 Å². The maximum absolute atomic E-state index is 12.6. The van der Waals surface area contributed by atoms with Crippen molar-refractivity contribution >= 4 is 17.9 Å². The highest BCUT2D eigenvalue weighted by molar-refractivity contribution is 5.71. The molecule has 0 radical (unpaired) electrons. The van der Waals surface area contributed by atoms with E-state index < -0.39 is 6.10 Å². The van der Waals surface area contributed by atoms with Crippen molar-refractivity contribution in [1.82, 2.24) is 0 Å². The maximum atomic E-state index is 12.6. The smallest absolute Gasteiger partial charge is 0.306 e. The molecule has 0 fully saturated rings. The molecule has 0 amide bonds. The van der Waals surface area contributed by atoms with Gasteiger partial charge in [0.15, 0.2) is 6.10 Å². The van der Waals surface area contributed by atoms with Crippen molar-refractivity contribution in [3.63, 3.8) is 0 Å². The Kier molecular flexibility index (Phi) is 36.0. The summed E-state index contributed by atoms with van der Waals surface area (Å²) in [6.07, 6.45) is 33.9. The molecule has 0 rings (SSSR count). The Morgan fingerprint density at radius 3 is 0.980 bits per heavy atom. The standard InChI is InChI=1S/C44H84O6/c1-6-7-8-9-10-11-15-18-24-29-34-42(45)48-37-41(50-44(47)36-31-26-21-20-23-28-33-40(4)5)38-49-43(46)35-30-25-19-16-13-12-14-17-22-27-32-39(2)3/h39-41H,6-38H2,1-5H3/t41-/m1/s1. The van der Waals surface area contributed by atoms with Gasteiger partial charge in [-0.3, -0.25) is 14.4 Å². The molecule has 296 valence electrons. The normalized spacial score (nSPS) is 12.1. The molecule has 0 aliphatic rings. The first-order valence-corrected chi connectivity index (χ1v) is 21.7. The highest BCUT2D eigenvalue weighted by Crippen LogP contribution is 2.16. The fourth-order valence-corrected chi connectivity index (χ4v) is 6.40. The van der Waals surface area contributed by atoms with E-state index in [0.717, 1.165) is 69.6 Å². The van der Waals surface area contributed by atoms with E-state index in [9.17, 15) is 14.4 Å². The average Bonchev–Trinajstić information content (AvgIpc) is 3.08. The molecule has 0 unspecified atom stereocenters. The van der Waals surface area contributed by atoms with E-state index in [1.165, 1.54) is 122 Å². The van der Waals surface area contributed by atoms with Crippen LogP contribution >= 0.6 is 0 Å². The summed E-state index contributed by atoms with van der Waals surface area (Å²) in [4.78, 5) is 37.5. The van der Waals surface area contributed by atoms with Gasteiger partial charge in [0.1, 0.15) is 13.2 Å². The minimum absolute atomic E-state index is 0.0663. The highest BCUT2D eigenvalue weighted by Gasteiger charge is 2.19. The van der Waals surface area contributed by atoms with E-state index >= 15 is 0 Å². The van der Waals surface area contributed by atoms with Gasteiger partial charge in [-0.2, -0.15) is 0 Å². The zero-order chi connectivity index (χ0) is 36.9. The molecule has 0 aromatic carbocycles. The van der Waals surface area contributed by atoms with Crippen LogP contribution in [-0.2, 0) is 28.6 Å². The third kappa shape index (κ3) is 37.7. The van der Waals surface area contributed by atoms with Gasteiger partial charge < -0.3 is 14.2 Å². The average molecular weight is 709 g/mol. The topological polar surface area (TPSA) is 78.9 Å². The largest absolute Gasteiger partial charge is 0.462 e. The fourth-order valence-electron chi connectivity index (χ4n) is 6.40. The third-order valence-corrected chi connectivity index (χ3v) is 9.72. The zero-order valence-corrected chi connectivity index (χ0v) is 34.0. The molecule has 50 heavy (non-hydrogen) atoms. The number of carbonyl (C=O) groups excluding carboxylic acids is 3. The Morgan fingerprint density at radius 2 is 0.660 bits per heavy atom. The molecule has 0 saturated heterocycles. The van der Waals surface area contributed by atoms with Gasteiger partial charge >= 0.3 is 17.9 Å². The predicted octanol–water partition coefficient (Wildman–Crippen LogP) is 13.4. The van der Waals surface area contributed by atoms with E-state index in [2.05, 4.69) is 34.6 Å². The highest BCUT2D eigenvalue weighted by atomic mass is 16.6. The van der Waals surface area contributed by atoms with Gasteiger partial charge in [-0.25, -0.2) is 0 Å². The summed E-state index contributed by atoms with van der Waals surface area (Å²) >= 11 is 0. The fraction of sp³-hybridized carbons (Fsp3) is 0.932. The molecule has 0 N–H and O–H groups in total. The lowest BCUT2D eigenvalue weighted by molar-refractivity contribution is -0.167. The molecule has 0 aliphatic carbocycles. The van der Waals surface area contributed by atoms with Gasteiger partial charge in [0.05, 0.1) is 0 Å². The molecule has 0 bridgehead atoms. The summed E-state index contributed by atoms with van der Waals surface area (Å²) in [5.74, 6) is 0.711. The minimum Gasteiger partial charge on any atom is -0.462 e. The van der Waals surface area contributed by atoms with E-state index in [1.807, 2.05) is 0 Å². The van der Waals surface area contributed by atoms with Crippen LogP contribution in [0.25, 0.3) is 0 Å². The van der Waals surface area contributed by atoms with Gasteiger partial charge in [-0.1, -0.05) is 195 Å². The lowest BCUT2D eigenvalue weighted by Gasteiger charge is -2.18. The second-order valence-corrected chi connectivity index (χ2v) is 15.9. The SMILES string of the molecule is CCCCCCCCCCCCC(=O)OC[C@H](COC(=O)CCCCCCCCCCCCC(C)C)OC(=O)CCCCCCCCC(C)C. The van der Waals surface area contributed by atoms with Gasteiger partial charge in [0, 0.05) is 19.3 Å². The van der Waals surface area contributed by atoms with Crippen LogP contribution in [0.1, 0.15) is 234 Å². The van der Waals surface area contributed by atoms with Crippen LogP contribution in [0.2, 0.25) is 0 Å². The second-order valence-electron chi connectivity index (χ2n) is 15.9. The quantitative estimate of drug-likeness (QED) is 0.0361. The van der Waals surface area contributed by atoms with Crippen LogP contribution in [0.5, 0.6) is 0 Å². The van der Waals surface area contributed by atoms with Crippen LogP contribution in [0.3, 0.4) is 0 Å². The number of hydrogen-bond acceptors (Lipinski definition) is 6. The van der Waals surface area contributed by atoms with Crippen LogP contribution in [0.4, 0.5) is 0 Å². The maximum Gasteiger partial charge on any atom is 0.306 e. The van der Waals surface area contributed by atoms with E-state index in [-0.39, 0.29) is 31.1 Å². The number of hydrogen-bond donors (Lipinski definition) is 0. The zero-order valence-electron chi connectivity index (χ0n) is 34.0. The molecule has 1 atom stereocenters. The number of ether oxygens (including phenoxy) is 3. The minimum atomic E-state index is -0.760. The van der Waals surface area contributed by atoms with Gasteiger partial charge in [0.2, 0.25) is 0 Å². The molecular weight excluding hydrogens is 624 g/mol. The first-order chi connectivity index (χ1) is 24.2. The van der Waals surface area contributed by atoms with E-state index in [0.29, 0.717) is 19.3 Å². The number of carbonyl (C=O) groups is 3. The molecule has 0 aliphatic heterocycles. The van der Waals surface area contributed by atoms with Gasteiger partial charge in [0.25, 0.3) is 0 Å². The molecule has 6 heteroatoms. The van der Waals surface area contributed by atoms with E-state index in [4.69, 9.17) is 14.2 Å². The molecule has 0 spiro atoms. The van der Waals surface area contributed by atoms with Crippen molar-refractivity contribution in [2.24, 2.45) is 11.8 Å². The van der Waals surface area contributed by atoms with Crippen LogP contribution < -0.4 is 0 Å². The molecule has 0 aromatic rings. The summed E-state index contributed by atoms with van der Waals surface area (Å²) < 4.78 is 16.6. The van der Waals surface area contributed by atoms with Gasteiger partial charge in [-0.05, 0) is 31.1 Å². The van der Waals surface area contributed by atoms with Crippen molar-refractivity contribution in [3.8, 4) is 0 Å². The summed E-state index contributed by atoms with van der Waals surface area (Å²) in [6, 6.07) is 0. The molecule has 0 aromatic heterocycles. The van der Waals surface area contributed by atoms with Crippen LogP contribution in [-0.4, -0.2) is 37.2 Å². The lowest BCUT2D eigenvalue weighted by atomic mass is 10.0.